The van der Waals surface area contributed by atoms with Crippen LogP contribution in [0.25, 0.3) is 0 Å². The molecule has 0 radical (unpaired) electrons. The second kappa shape index (κ2) is 6.97. The molecule has 2 aromatic carbocycles. The number of halogens is 3. The lowest BCUT2D eigenvalue weighted by atomic mass is 10.3. The highest BCUT2D eigenvalue weighted by atomic mass is 79.9. The van der Waals surface area contributed by atoms with E-state index in [4.69, 9.17) is 23.2 Å². The van der Waals surface area contributed by atoms with Crippen molar-refractivity contribution in [2.75, 3.05) is 17.2 Å². The number of benzene rings is 2. The van der Waals surface area contributed by atoms with E-state index in [1.165, 1.54) is 0 Å². The first-order valence-electron chi connectivity index (χ1n) is 5.79. The summed E-state index contributed by atoms with van der Waals surface area (Å²) < 4.78 is 0.945. The van der Waals surface area contributed by atoms with Crippen LogP contribution in [0.3, 0.4) is 0 Å². The zero-order chi connectivity index (χ0) is 14.5. The molecule has 0 bridgehead atoms. The van der Waals surface area contributed by atoms with Crippen LogP contribution in [0.4, 0.5) is 11.4 Å². The molecule has 20 heavy (non-hydrogen) atoms. The Morgan fingerprint density at radius 1 is 1.15 bits per heavy atom. The van der Waals surface area contributed by atoms with Crippen LogP contribution in [-0.2, 0) is 4.79 Å². The van der Waals surface area contributed by atoms with E-state index in [1.54, 1.807) is 18.2 Å². The average Bonchev–Trinajstić information content (AvgIpc) is 2.42. The van der Waals surface area contributed by atoms with Gasteiger partial charge >= 0.3 is 0 Å². The van der Waals surface area contributed by atoms with Gasteiger partial charge in [-0.1, -0.05) is 51.3 Å². The first-order valence-corrected chi connectivity index (χ1v) is 7.34. The third-order valence-corrected chi connectivity index (χ3v) is 3.82. The molecule has 3 nitrogen and oxygen atoms in total. The van der Waals surface area contributed by atoms with Crippen LogP contribution >= 0.6 is 39.1 Å². The molecule has 104 valence electrons. The summed E-state index contributed by atoms with van der Waals surface area (Å²) >= 11 is 15.3. The van der Waals surface area contributed by atoms with Gasteiger partial charge in [0.05, 0.1) is 22.3 Å². The topological polar surface area (TPSA) is 41.1 Å². The summed E-state index contributed by atoms with van der Waals surface area (Å²) in [5, 5.41) is 6.47. The number of hydrogen-bond donors (Lipinski definition) is 2. The molecule has 0 atom stereocenters. The summed E-state index contributed by atoms with van der Waals surface area (Å²) in [5.41, 5.74) is 1.35. The van der Waals surface area contributed by atoms with Crippen LogP contribution in [0.5, 0.6) is 0 Å². The van der Waals surface area contributed by atoms with Crippen molar-refractivity contribution in [2.45, 2.75) is 0 Å². The first kappa shape index (κ1) is 15.2. The third kappa shape index (κ3) is 4.13. The lowest BCUT2D eigenvalue weighted by Crippen LogP contribution is -2.21. The van der Waals surface area contributed by atoms with Gasteiger partial charge in [0, 0.05) is 10.2 Å². The standard InChI is InChI=1S/C14H11BrCl2N2O/c15-9-3-1-4-10(7-9)18-8-13(20)19-12-6-2-5-11(16)14(12)17/h1-7,18H,8H2,(H,19,20). The number of nitrogens with one attached hydrogen (secondary N) is 2. The van der Waals surface area contributed by atoms with E-state index in [2.05, 4.69) is 26.6 Å². The fourth-order valence-corrected chi connectivity index (χ4v) is 2.32. The first-order chi connectivity index (χ1) is 9.56. The van der Waals surface area contributed by atoms with E-state index in [0.29, 0.717) is 15.7 Å². The maximum absolute atomic E-state index is 11.8. The fourth-order valence-electron chi connectivity index (χ4n) is 1.58. The molecule has 0 unspecified atom stereocenters. The zero-order valence-electron chi connectivity index (χ0n) is 10.3. The van der Waals surface area contributed by atoms with E-state index >= 15 is 0 Å². The summed E-state index contributed by atoms with van der Waals surface area (Å²) in [6, 6.07) is 12.7. The van der Waals surface area contributed by atoms with Gasteiger partial charge in [-0.15, -0.1) is 0 Å². The maximum Gasteiger partial charge on any atom is 0.243 e. The van der Waals surface area contributed by atoms with Gasteiger partial charge in [-0.3, -0.25) is 4.79 Å². The summed E-state index contributed by atoms with van der Waals surface area (Å²) in [6.45, 7) is 0.138. The fraction of sp³-hybridized carbons (Fsp3) is 0.0714. The normalized spacial score (nSPS) is 10.2. The average molecular weight is 374 g/mol. The number of rotatable bonds is 4. The minimum atomic E-state index is -0.200. The van der Waals surface area contributed by atoms with E-state index in [1.807, 2.05) is 24.3 Å². The highest BCUT2D eigenvalue weighted by Gasteiger charge is 2.08. The van der Waals surface area contributed by atoms with Crippen LogP contribution in [0.15, 0.2) is 46.9 Å². The molecule has 0 saturated carbocycles. The van der Waals surface area contributed by atoms with Crippen molar-refractivity contribution in [1.82, 2.24) is 0 Å². The Balaban J connectivity index is 1.94. The Labute approximate surface area is 135 Å². The van der Waals surface area contributed by atoms with Gasteiger partial charge in [-0.05, 0) is 30.3 Å². The Bertz CT molecular complexity index is 634. The Hall–Kier alpha value is -1.23. The molecular weight excluding hydrogens is 363 g/mol. The molecule has 0 aromatic heterocycles. The number of anilines is 2. The monoisotopic (exact) mass is 372 g/mol. The number of amides is 1. The second-order valence-corrected chi connectivity index (χ2v) is 5.71. The molecule has 0 spiro atoms. The lowest BCUT2D eigenvalue weighted by Gasteiger charge is -2.10. The summed E-state index contributed by atoms with van der Waals surface area (Å²) in [6.07, 6.45) is 0. The molecular formula is C14H11BrCl2N2O. The Morgan fingerprint density at radius 2 is 1.90 bits per heavy atom. The van der Waals surface area contributed by atoms with E-state index in [9.17, 15) is 4.79 Å². The third-order valence-electron chi connectivity index (χ3n) is 2.50. The van der Waals surface area contributed by atoms with Crippen molar-refractivity contribution in [3.05, 3.63) is 57.0 Å². The van der Waals surface area contributed by atoms with Gasteiger partial charge in [-0.25, -0.2) is 0 Å². The zero-order valence-corrected chi connectivity index (χ0v) is 13.4. The molecule has 1 amide bonds. The molecule has 0 aliphatic heterocycles. The molecule has 6 heteroatoms. The minimum Gasteiger partial charge on any atom is -0.376 e. The maximum atomic E-state index is 11.8. The molecule has 0 aliphatic rings. The van der Waals surface area contributed by atoms with Crippen molar-refractivity contribution in [3.8, 4) is 0 Å². The van der Waals surface area contributed by atoms with E-state index in [-0.39, 0.29) is 12.5 Å². The number of carbonyl (C=O) groups is 1. The summed E-state index contributed by atoms with van der Waals surface area (Å²) in [4.78, 5) is 11.8. The highest BCUT2D eigenvalue weighted by molar-refractivity contribution is 9.10. The quantitative estimate of drug-likeness (QED) is 0.807. The van der Waals surface area contributed by atoms with Gasteiger partial charge in [-0.2, -0.15) is 0 Å². The van der Waals surface area contributed by atoms with Gasteiger partial charge in [0.1, 0.15) is 0 Å². The summed E-state index contributed by atoms with van der Waals surface area (Å²) in [7, 11) is 0. The van der Waals surface area contributed by atoms with E-state index < -0.39 is 0 Å². The van der Waals surface area contributed by atoms with Crippen molar-refractivity contribution in [2.24, 2.45) is 0 Å². The number of hydrogen-bond acceptors (Lipinski definition) is 2. The van der Waals surface area contributed by atoms with Crippen molar-refractivity contribution in [1.29, 1.82) is 0 Å². The van der Waals surface area contributed by atoms with Crippen LogP contribution in [-0.4, -0.2) is 12.5 Å². The Morgan fingerprint density at radius 3 is 2.65 bits per heavy atom. The van der Waals surface area contributed by atoms with Gasteiger partial charge in [0.15, 0.2) is 0 Å². The SMILES string of the molecule is O=C(CNc1cccc(Br)c1)Nc1cccc(Cl)c1Cl. The second-order valence-electron chi connectivity index (χ2n) is 4.01. The van der Waals surface area contributed by atoms with Crippen molar-refractivity contribution >= 4 is 56.4 Å². The predicted molar refractivity (Wildman–Crippen MR) is 87.7 cm³/mol. The molecule has 2 N–H and O–H groups in total. The smallest absolute Gasteiger partial charge is 0.243 e. The van der Waals surface area contributed by atoms with Gasteiger partial charge < -0.3 is 10.6 Å². The predicted octanol–water partition coefficient (Wildman–Crippen LogP) is 4.81. The lowest BCUT2D eigenvalue weighted by molar-refractivity contribution is -0.114. The summed E-state index contributed by atoms with van der Waals surface area (Å²) in [5.74, 6) is -0.200. The van der Waals surface area contributed by atoms with Crippen LogP contribution in [0, 0.1) is 0 Å². The Kier molecular flexibility index (Phi) is 5.29. The van der Waals surface area contributed by atoms with Crippen molar-refractivity contribution in [3.63, 3.8) is 0 Å². The van der Waals surface area contributed by atoms with Crippen LogP contribution in [0.2, 0.25) is 10.0 Å². The largest absolute Gasteiger partial charge is 0.376 e. The molecule has 2 aromatic rings. The minimum absolute atomic E-state index is 0.138. The molecule has 0 heterocycles. The van der Waals surface area contributed by atoms with E-state index in [0.717, 1.165) is 10.2 Å². The van der Waals surface area contributed by atoms with Gasteiger partial charge in [0.2, 0.25) is 5.91 Å². The number of carbonyl (C=O) groups excluding carboxylic acids is 1. The molecule has 2 rings (SSSR count). The molecule has 0 fully saturated rings. The van der Waals surface area contributed by atoms with Crippen LogP contribution < -0.4 is 10.6 Å². The molecule has 0 saturated heterocycles. The molecule has 0 aliphatic carbocycles. The highest BCUT2D eigenvalue weighted by Crippen LogP contribution is 2.29. The van der Waals surface area contributed by atoms with Crippen molar-refractivity contribution < 1.29 is 4.79 Å². The van der Waals surface area contributed by atoms with Crippen LogP contribution in [0.1, 0.15) is 0 Å². The van der Waals surface area contributed by atoms with Gasteiger partial charge in [0.25, 0.3) is 0 Å².